The summed E-state index contributed by atoms with van der Waals surface area (Å²) in [6.45, 7) is 12.3. The van der Waals surface area contributed by atoms with Gasteiger partial charge in [0.25, 0.3) is 0 Å². The summed E-state index contributed by atoms with van der Waals surface area (Å²) >= 11 is 0. The maximum Gasteiger partial charge on any atom is 0.0447 e. The summed E-state index contributed by atoms with van der Waals surface area (Å²) in [5, 5.41) is 3.47. The van der Waals surface area contributed by atoms with Crippen molar-refractivity contribution in [1.29, 1.82) is 0 Å². The first-order chi connectivity index (χ1) is 9.33. The number of benzene rings is 1. The van der Waals surface area contributed by atoms with E-state index in [2.05, 4.69) is 77.1 Å². The van der Waals surface area contributed by atoms with Crippen molar-refractivity contribution in [3.05, 3.63) is 34.9 Å². The highest BCUT2D eigenvalue weighted by Gasteiger charge is 2.17. The molecular weight excluding hydrogens is 244 g/mol. The lowest BCUT2D eigenvalue weighted by molar-refractivity contribution is 0.208. The van der Waals surface area contributed by atoms with Gasteiger partial charge < -0.3 is 10.2 Å². The molecule has 2 heteroatoms. The maximum atomic E-state index is 3.47. The molecule has 2 nitrogen and oxygen atoms in total. The zero-order chi connectivity index (χ0) is 15.3. The van der Waals surface area contributed by atoms with E-state index in [1.165, 1.54) is 23.1 Å². The standard InChI is InChI=1S/C18H32N2/c1-13(2)8-16(5)20(7)12-18(19-6)17-10-14(3)9-15(4)11-17/h9-11,13,16,18-19H,8,12H2,1-7H3. The van der Waals surface area contributed by atoms with Gasteiger partial charge in [0, 0.05) is 18.6 Å². The third-order valence-electron chi connectivity index (χ3n) is 4.03. The Bertz CT molecular complexity index is 392. The van der Waals surface area contributed by atoms with Gasteiger partial charge in [-0.05, 0) is 52.8 Å². The first-order valence-corrected chi connectivity index (χ1v) is 7.79. The number of rotatable bonds is 7. The quantitative estimate of drug-likeness (QED) is 0.811. The first kappa shape index (κ1) is 17.2. The Morgan fingerprint density at radius 3 is 2.05 bits per heavy atom. The highest BCUT2D eigenvalue weighted by Crippen LogP contribution is 2.19. The van der Waals surface area contributed by atoms with Crippen LogP contribution in [0.1, 0.15) is 49.9 Å². The zero-order valence-electron chi connectivity index (χ0n) is 14.3. The topological polar surface area (TPSA) is 15.3 Å². The molecule has 2 unspecified atom stereocenters. The fourth-order valence-electron chi connectivity index (χ4n) is 2.90. The Labute approximate surface area is 125 Å². The summed E-state index contributed by atoms with van der Waals surface area (Å²) in [7, 11) is 4.29. The smallest absolute Gasteiger partial charge is 0.0447 e. The molecule has 20 heavy (non-hydrogen) atoms. The molecule has 1 aromatic carbocycles. The van der Waals surface area contributed by atoms with Gasteiger partial charge in [-0.15, -0.1) is 0 Å². The minimum atomic E-state index is 0.396. The van der Waals surface area contributed by atoms with Gasteiger partial charge in [-0.25, -0.2) is 0 Å². The van der Waals surface area contributed by atoms with Gasteiger partial charge in [0.15, 0.2) is 0 Å². The van der Waals surface area contributed by atoms with Gasteiger partial charge >= 0.3 is 0 Å². The van der Waals surface area contributed by atoms with Crippen LogP contribution >= 0.6 is 0 Å². The van der Waals surface area contributed by atoms with Crippen molar-refractivity contribution in [2.24, 2.45) is 5.92 Å². The normalized spacial score (nSPS) is 14.8. The van der Waals surface area contributed by atoms with Crippen LogP contribution in [0.15, 0.2) is 18.2 Å². The molecule has 0 aliphatic heterocycles. The van der Waals surface area contributed by atoms with Crippen LogP contribution in [-0.4, -0.2) is 31.6 Å². The molecule has 0 amide bonds. The van der Waals surface area contributed by atoms with Crippen molar-refractivity contribution in [2.75, 3.05) is 20.6 Å². The third-order valence-corrected chi connectivity index (χ3v) is 4.03. The van der Waals surface area contributed by atoms with Crippen LogP contribution in [0.4, 0.5) is 0 Å². The summed E-state index contributed by atoms with van der Waals surface area (Å²) in [4.78, 5) is 2.47. The minimum Gasteiger partial charge on any atom is -0.312 e. The zero-order valence-corrected chi connectivity index (χ0v) is 14.3. The number of nitrogens with zero attached hydrogens (tertiary/aromatic N) is 1. The van der Waals surface area contributed by atoms with E-state index >= 15 is 0 Å². The Balaban J connectivity index is 2.76. The molecule has 0 aromatic heterocycles. The van der Waals surface area contributed by atoms with Crippen molar-refractivity contribution >= 4 is 0 Å². The minimum absolute atomic E-state index is 0.396. The fraction of sp³-hybridized carbons (Fsp3) is 0.667. The summed E-state index contributed by atoms with van der Waals surface area (Å²) in [6, 6.07) is 7.86. The van der Waals surface area contributed by atoms with Gasteiger partial charge in [-0.1, -0.05) is 43.2 Å². The lowest BCUT2D eigenvalue weighted by Crippen LogP contribution is -2.37. The molecule has 0 heterocycles. The van der Waals surface area contributed by atoms with Crippen molar-refractivity contribution in [3.63, 3.8) is 0 Å². The highest BCUT2D eigenvalue weighted by atomic mass is 15.1. The molecule has 0 bridgehead atoms. The lowest BCUT2D eigenvalue weighted by atomic mass is 9.99. The van der Waals surface area contributed by atoms with Crippen molar-refractivity contribution in [1.82, 2.24) is 10.2 Å². The monoisotopic (exact) mass is 276 g/mol. The molecule has 0 fully saturated rings. The molecule has 0 radical (unpaired) electrons. The SMILES string of the molecule is CNC(CN(C)C(C)CC(C)C)c1cc(C)cc(C)c1. The van der Waals surface area contributed by atoms with Crippen LogP contribution in [0.3, 0.4) is 0 Å². The Kier molecular flexibility index (Phi) is 6.70. The molecule has 1 aromatic rings. The Hall–Kier alpha value is -0.860. The lowest BCUT2D eigenvalue weighted by Gasteiger charge is -2.30. The van der Waals surface area contributed by atoms with Crippen LogP contribution in [0.2, 0.25) is 0 Å². The molecule has 1 N–H and O–H groups in total. The molecule has 1 rings (SSSR count). The van der Waals surface area contributed by atoms with Crippen LogP contribution in [-0.2, 0) is 0 Å². The van der Waals surface area contributed by atoms with E-state index in [-0.39, 0.29) is 0 Å². The van der Waals surface area contributed by atoms with Crippen molar-refractivity contribution in [2.45, 2.75) is 53.1 Å². The molecule has 0 saturated carbocycles. The number of likely N-dealkylation sites (N-methyl/N-ethyl adjacent to an activating group) is 2. The van der Waals surface area contributed by atoms with Gasteiger partial charge in [-0.3, -0.25) is 0 Å². The number of hydrogen-bond acceptors (Lipinski definition) is 2. The van der Waals surface area contributed by atoms with Gasteiger partial charge in [-0.2, -0.15) is 0 Å². The number of hydrogen-bond donors (Lipinski definition) is 1. The highest BCUT2D eigenvalue weighted by molar-refractivity contribution is 5.30. The second-order valence-electron chi connectivity index (χ2n) is 6.68. The van der Waals surface area contributed by atoms with E-state index in [1.54, 1.807) is 0 Å². The van der Waals surface area contributed by atoms with E-state index in [1.807, 2.05) is 0 Å². The number of nitrogens with one attached hydrogen (secondary N) is 1. The fourth-order valence-corrected chi connectivity index (χ4v) is 2.90. The van der Waals surface area contributed by atoms with Gasteiger partial charge in [0.2, 0.25) is 0 Å². The average molecular weight is 276 g/mol. The second kappa shape index (κ2) is 7.80. The van der Waals surface area contributed by atoms with Crippen LogP contribution in [0, 0.1) is 19.8 Å². The molecule has 0 saturated heterocycles. The van der Waals surface area contributed by atoms with E-state index in [0.717, 1.165) is 12.5 Å². The Morgan fingerprint density at radius 1 is 1.05 bits per heavy atom. The number of aryl methyl sites for hydroxylation is 2. The van der Waals surface area contributed by atoms with Crippen molar-refractivity contribution < 1.29 is 0 Å². The molecule has 0 aliphatic rings. The molecule has 0 spiro atoms. The Morgan fingerprint density at radius 2 is 1.60 bits per heavy atom. The maximum absolute atomic E-state index is 3.47. The van der Waals surface area contributed by atoms with E-state index in [4.69, 9.17) is 0 Å². The molecule has 0 aliphatic carbocycles. The third kappa shape index (κ3) is 5.26. The first-order valence-electron chi connectivity index (χ1n) is 7.79. The van der Waals surface area contributed by atoms with Gasteiger partial charge in [0.05, 0.1) is 0 Å². The summed E-state index contributed by atoms with van der Waals surface area (Å²) < 4.78 is 0. The van der Waals surface area contributed by atoms with Gasteiger partial charge in [0.1, 0.15) is 0 Å². The van der Waals surface area contributed by atoms with Crippen molar-refractivity contribution in [3.8, 4) is 0 Å². The molecule has 114 valence electrons. The largest absolute Gasteiger partial charge is 0.312 e. The van der Waals surface area contributed by atoms with E-state index in [0.29, 0.717) is 12.1 Å². The molecule has 2 atom stereocenters. The summed E-state index contributed by atoms with van der Waals surface area (Å²) in [5.74, 6) is 0.752. The molecular formula is C18H32N2. The summed E-state index contributed by atoms with van der Waals surface area (Å²) in [5.41, 5.74) is 4.09. The summed E-state index contributed by atoms with van der Waals surface area (Å²) in [6.07, 6.45) is 1.25. The predicted octanol–water partition coefficient (Wildman–Crippen LogP) is 3.93. The predicted molar refractivity (Wildman–Crippen MR) is 89.3 cm³/mol. The average Bonchev–Trinajstić information content (AvgIpc) is 2.33. The van der Waals surface area contributed by atoms with Crippen LogP contribution < -0.4 is 5.32 Å². The van der Waals surface area contributed by atoms with E-state index in [9.17, 15) is 0 Å². The van der Waals surface area contributed by atoms with E-state index < -0.39 is 0 Å². The van der Waals surface area contributed by atoms with Crippen LogP contribution in [0.5, 0.6) is 0 Å². The second-order valence-corrected chi connectivity index (χ2v) is 6.68. The van der Waals surface area contributed by atoms with Crippen LogP contribution in [0.25, 0.3) is 0 Å².